The zero-order valence-electron chi connectivity index (χ0n) is 28.0. The number of nitrogens with zero attached hydrogens (tertiary/aromatic N) is 6. The summed E-state index contributed by atoms with van der Waals surface area (Å²) in [7, 11) is 6.24. The minimum Gasteiger partial charge on any atom is -0.385 e. The van der Waals surface area contributed by atoms with Crippen LogP contribution in [0.4, 0.5) is 13.2 Å². The van der Waals surface area contributed by atoms with Crippen molar-refractivity contribution in [1.82, 2.24) is 33.8 Å². The molecule has 0 radical (unpaired) electrons. The normalized spacial score (nSPS) is 20.2. The molecule has 13 heteroatoms. The van der Waals surface area contributed by atoms with Crippen LogP contribution in [0, 0.1) is 0 Å². The fourth-order valence-electron chi connectivity index (χ4n) is 6.78. The Bertz CT molecular complexity index is 1650. The lowest BCUT2D eigenvalue weighted by Crippen LogP contribution is -2.40. The van der Waals surface area contributed by atoms with E-state index in [1.54, 1.807) is 0 Å². The molecule has 3 aliphatic rings. The van der Waals surface area contributed by atoms with E-state index in [0.717, 1.165) is 43.0 Å². The predicted molar refractivity (Wildman–Crippen MR) is 183 cm³/mol. The molecule has 2 aromatic heterocycles. The number of piperidine rings is 3. The minimum atomic E-state index is -4.51. The van der Waals surface area contributed by atoms with Crippen molar-refractivity contribution < 1.29 is 18.3 Å². The van der Waals surface area contributed by atoms with Gasteiger partial charge >= 0.3 is 11.9 Å². The van der Waals surface area contributed by atoms with Gasteiger partial charge in [0.15, 0.2) is 0 Å². The smallest absolute Gasteiger partial charge is 0.385 e. The Labute approximate surface area is 284 Å². The summed E-state index contributed by atoms with van der Waals surface area (Å²) in [6, 6.07) is 12.6. The SMILES string of the molecule is CN1CCC(O)(c2ccc(Cl)c(C(F)(F)F)c2)CC1.CN1CCC(n2c(=O)[nH]c3ccccc32)CC1.CN1CCC(n2ccnc2)CC1. The summed E-state index contributed by atoms with van der Waals surface area (Å²) in [5.41, 5.74) is 0.206. The fraction of sp³-hybridized carbons (Fsp3) is 0.543. The number of benzene rings is 2. The molecule has 9 nitrogen and oxygen atoms in total. The number of hydrogen-bond donors (Lipinski definition) is 2. The van der Waals surface area contributed by atoms with Crippen LogP contribution in [0.1, 0.15) is 61.7 Å². The van der Waals surface area contributed by atoms with Gasteiger partial charge in [-0.3, -0.25) is 4.57 Å². The van der Waals surface area contributed by atoms with E-state index in [4.69, 9.17) is 11.6 Å². The Morgan fingerprint density at radius 3 is 2.04 bits per heavy atom. The van der Waals surface area contributed by atoms with E-state index in [1.165, 1.54) is 38.1 Å². The number of halogens is 4. The van der Waals surface area contributed by atoms with Crippen molar-refractivity contribution in [2.75, 3.05) is 60.4 Å². The summed E-state index contributed by atoms with van der Waals surface area (Å²) < 4.78 is 42.6. The highest BCUT2D eigenvalue weighted by atomic mass is 35.5. The van der Waals surface area contributed by atoms with Gasteiger partial charge in [-0.15, -0.1) is 0 Å². The molecular weight excluding hydrogens is 643 g/mol. The lowest BCUT2D eigenvalue weighted by molar-refractivity contribution is -0.137. The largest absolute Gasteiger partial charge is 0.417 e. The number of fused-ring (bicyclic) bond motifs is 1. The van der Waals surface area contributed by atoms with E-state index in [-0.39, 0.29) is 16.3 Å². The van der Waals surface area contributed by atoms with Crippen LogP contribution < -0.4 is 5.69 Å². The molecule has 4 aromatic rings. The third kappa shape index (κ3) is 8.89. The summed E-state index contributed by atoms with van der Waals surface area (Å²) >= 11 is 5.58. The number of aliphatic hydroxyl groups is 1. The van der Waals surface area contributed by atoms with Crippen LogP contribution >= 0.6 is 11.6 Å². The first-order valence-corrected chi connectivity index (χ1v) is 17.0. The molecule has 3 fully saturated rings. The van der Waals surface area contributed by atoms with E-state index in [2.05, 4.69) is 44.6 Å². The molecule has 7 rings (SSSR count). The number of alkyl halides is 3. The van der Waals surface area contributed by atoms with Gasteiger partial charge in [-0.05, 0) is 116 Å². The Kier molecular flexibility index (Phi) is 11.7. The monoisotopic (exact) mass is 689 g/mol. The standard InChI is InChI=1S/C13H15ClF3NO.C13H17N3O.C9H15N3/c1-18-6-4-12(19,5-7-18)9-2-3-11(14)10(8-9)13(15,16)17;1-15-8-6-10(7-9-15)16-12-5-3-2-4-11(12)14-13(16)17;1-11-5-2-9(3-6-11)12-7-4-10-8-12/h2-3,8,19H,4-7H2,1H3;2-5,10H,6-9H2,1H3,(H,14,17);4,7-9H,2-3,5-6H2,1H3. The average molecular weight is 690 g/mol. The second-order valence-corrected chi connectivity index (χ2v) is 13.8. The summed E-state index contributed by atoms with van der Waals surface area (Å²) in [4.78, 5) is 25.7. The number of hydrogen-bond acceptors (Lipinski definition) is 6. The second-order valence-electron chi connectivity index (χ2n) is 13.4. The van der Waals surface area contributed by atoms with Gasteiger partial charge in [0.05, 0.1) is 33.5 Å². The van der Waals surface area contributed by atoms with Crippen molar-refractivity contribution in [3.05, 3.63) is 87.8 Å². The van der Waals surface area contributed by atoms with Crippen LogP contribution in [0.25, 0.3) is 11.0 Å². The topological polar surface area (TPSA) is 85.6 Å². The van der Waals surface area contributed by atoms with Crippen molar-refractivity contribution in [3.8, 4) is 0 Å². The lowest BCUT2D eigenvalue weighted by Gasteiger charge is -2.37. The van der Waals surface area contributed by atoms with Gasteiger partial charge in [0.25, 0.3) is 0 Å². The number of rotatable bonds is 3. The number of nitrogens with one attached hydrogen (secondary N) is 1. The number of imidazole rings is 2. The molecule has 0 aliphatic carbocycles. The molecule has 0 amide bonds. The molecule has 0 saturated carbocycles. The molecule has 0 bridgehead atoms. The number of para-hydroxylation sites is 2. The van der Waals surface area contributed by atoms with Crippen LogP contribution in [-0.2, 0) is 11.8 Å². The maximum atomic E-state index is 12.8. The Balaban J connectivity index is 0.000000144. The second kappa shape index (κ2) is 15.6. The third-order valence-corrected chi connectivity index (χ3v) is 10.3. The van der Waals surface area contributed by atoms with Crippen LogP contribution in [0.5, 0.6) is 0 Å². The zero-order valence-corrected chi connectivity index (χ0v) is 28.7. The summed E-state index contributed by atoms with van der Waals surface area (Å²) in [5.74, 6) is 0. The first-order valence-electron chi connectivity index (χ1n) is 16.7. The number of likely N-dealkylation sites (tertiary alicyclic amines) is 3. The molecule has 2 aromatic carbocycles. The zero-order chi connectivity index (χ0) is 34.5. The van der Waals surface area contributed by atoms with E-state index >= 15 is 0 Å². The van der Waals surface area contributed by atoms with Crippen LogP contribution in [-0.4, -0.2) is 99.3 Å². The Hall–Kier alpha value is -3.16. The van der Waals surface area contributed by atoms with Crippen LogP contribution in [0.3, 0.4) is 0 Å². The van der Waals surface area contributed by atoms with E-state index < -0.39 is 17.3 Å². The summed E-state index contributed by atoms with van der Waals surface area (Å²) in [6.45, 7) is 5.86. The highest BCUT2D eigenvalue weighted by Gasteiger charge is 2.38. The number of aromatic amines is 1. The molecule has 48 heavy (non-hydrogen) atoms. The van der Waals surface area contributed by atoms with Gasteiger partial charge in [0.2, 0.25) is 0 Å². The van der Waals surface area contributed by atoms with E-state index in [9.17, 15) is 23.1 Å². The molecule has 262 valence electrons. The maximum Gasteiger partial charge on any atom is 0.417 e. The van der Waals surface area contributed by atoms with E-state index in [0.29, 0.717) is 38.0 Å². The number of aromatic nitrogens is 4. The van der Waals surface area contributed by atoms with Gasteiger partial charge < -0.3 is 29.4 Å². The summed E-state index contributed by atoms with van der Waals surface area (Å²) in [5, 5.41) is 10.2. The molecule has 2 N–H and O–H groups in total. The van der Waals surface area contributed by atoms with Gasteiger partial charge in [-0.2, -0.15) is 13.2 Å². The first kappa shape index (κ1) is 36.1. The van der Waals surface area contributed by atoms with Crippen molar-refractivity contribution in [3.63, 3.8) is 0 Å². The molecule has 3 aliphatic heterocycles. The predicted octanol–water partition coefficient (Wildman–Crippen LogP) is 6.02. The first-order chi connectivity index (χ1) is 22.8. The quantitative estimate of drug-likeness (QED) is 0.274. The molecular formula is C35H47ClF3N7O2. The highest BCUT2D eigenvalue weighted by molar-refractivity contribution is 6.31. The van der Waals surface area contributed by atoms with Gasteiger partial charge in [-0.25, -0.2) is 9.78 Å². The molecule has 0 spiro atoms. The summed E-state index contributed by atoms with van der Waals surface area (Å²) in [6.07, 6.45) is 6.81. The Morgan fingerprint density at radius 1 is 0.875 bits per heavy atom. The highest BCUT2D eigenvalue weighted by Crippen LogP contribution is 2.39. The fourth-order valence-corrected chi connectivity index (χ4v) is 7.00. The van der Waals surface area contributed by atoms with Gasteiger partial charge in [0, 0.05) is 37.6 Å². The molecule has 0 atom stereocenters. The van der Waals surface area contributed by atoms with Crippen molar-refractivity contribution in [2.24, 2.45) is 0 Å². The number of H-pyrrole nitrogens is 1. The maximum absolute atomic E-state index is 12.8. The lowest BCUT2D eigenvalue weighted by atomic mass is 9.84. The Morgan fingerprint density at radius 2 is 1.46 bits per heavy atom. The average Bonchev–Trinajstić information content (AvgIpc) is 3.72. The minimum absolute atomic E-state index is 0.0285. The van der Waals surface area contributed by atoms with Gasteiger partial charge in [-0.1, -0.05) is 29.8 Å². The van der Waals surface area contributed by atoms with E-state index in [1.807, 2.05) is 53.3 Å². The molecule has 5 heterocycles. The van der Waals surface area contributed by atoms with Crippen molar-refractivity contribution in [2.45, 2.75) is 62.4 Å². The van der Waals surface area contributed by atoms with Crippen molar-refractivity contribution in [1.29, 1.82) is 0 Å². The third-order valence-electron chi connectivity index (χ3n) is 9.94. The van der Waals surface area contributed by atoms with Crippen LogP contribution in [0.2, 0.25) is 5.02 Å². The molecule has 3 saturated heterocycles. The van der Waals surface area contributed by atoms with Crippen LogP contribution in [0.15, 0.2) is 66.0 Å². The van der Waals surface area contributed by atoms with Gasteiger partial charge in [0.1, 0.15) is 0 Å². The van der Waals surface area contributed by atoms with Crippen molar-refractivity contribution >= 4 is 22.6 Å². The molecule has 0 unspecified atom stereocenters.